The third-order valence-electron chi connectivity index (χ3n) is 6.76. The van der Waals surface area contributed by atoms with E-state index in [0.29, 0.717) is 59.1 Å². The van der Waals surface area contributed by atoms with Crippen molar-refractivity contribution >= 4 is 49.2 Å². The molecule has 0 bridgehead atoms. The number of carbonyl (C=O) groups is 2. The predicted molar refractivity (Wildman–Crippen MR) is 166 cm³/mol. The monoisotopic (exact) mass is 546 g/mol. The second-order valence-electron chi connectivity index (χ2n) is 10.1. The van der Waals surface area contributed by atoms with Crippen LogP contribution in [-0.2, 0) is 11.3 Å². The van der Waals surface area contributed by atoms with Crippen LogP contribution in [0.1, 0.15) is 60.4 Å². The number of aliphatic imine (C=N–C) groups is 1. The highest BCUT2D eigenvalue weighted by atomic mass is 16.2. The first-order chi connectivity index (χ1) is 19.8. The SMILES string of the molecule is [B]c1cc(-c2ccc(C=O)c(/C=C\N(C)Cc3ncccn3)c2)cc2c1C=C(C(=O)N(CCC)CCC)CC(N)=N2. The number of rotatable bonds is 11. The van der Waals surface area contributed by atoms with Gasteiger partial charge in [0.15, 0.2) is 6.29 Å². The largest absolute Gasteiger partial charge is 0.387 e. The van der Waals surface area contributed by atoms with E-state index >= 15 is 0 Å². The minimum absolute atomic E-state index is 0.0344. The van der Waals surface area contributed by atoms with E-state index in [2.05, 4.69) is 28.8 Å². The van der Waals surface area contributed by atoms with Crippen molar-refractivity contribution in [2.45, 2.75) is 39.7 Å². The van der Waals surface area contributed by atoms with E-state index < -0.39 is 0 Å². The van der Waals surface area contributed by atoms with Gasteiger partial charge in [0, 0.05) is 50.1 Å². The second kappa shape index (κ2) is 13.7. The molecule has 4 rings (SSSR count). The van der Waals surface area contributed by atoms with Crippen molar-refractivity contribution in [3.63, 3.8) is 0 Å². The Balaban J connectivity index is 1.66. The molecule has 1 aliphatic rings. The normalized spacial score (nSPS) is 12.8. The standard InChI is InChI=1S/C32H35BN6O2/c1-4-12-39(13-5-2)32(41)26-16-27-28(33)17-25(18-29(27)37-30(34)19-26)22-7-8-24(21-40)23(15-22)9-14-38(3)20-31-35-10-6-11-36-31/h6-11,14-18,21H,4-5,12-13,19-20H2,1-3H3,(H2,34,37)/b14-9-. The number of fused-ring (bicyclic) bond motifs is 1. The Morgan fingerprint density at radius 3 is 2.46 bits per heavy atom. The summed E-state index contributed by atoms with van der Waals surface area (Å²) in [6, 6.07) is 11.2. The van der Waals surface area contributed by atoms with Gasteiger partial charge in [-0.1, -0.05) is 37.5 Å². The van der Waals surface area contributed by atoms with Crippen molar-refractivity contribution in [2.75, 3.05) is 20.1 Å². The van der Waals surface area contributed by atoms with Gasteiger partial charge in [0.05, 0.1) is 12.2 Å². The lowest BCUT2D eigenvalue weighted by Gasteiger charge is -2.22. The van der Waals surface area contributed by atoms with E-state index in [-0.39, 0.29) is 12.3 Å². The van der Waals surface area contributed by atoms with Crippen molar-refractivity contribution in [1.82, 2.24) is 19.8 Å². The molecule has 1 aromatic heterocycles. The number of aldehydes is 1. The number of nitrogens with zero attached hydrogens (tertiary/aromatic N) is 5. The summed E-state index contributed by atoms with van der Waals surface area (Å²) in [5.74, 6) is 1.03. The molecule has 0 saturated heterocycles. The molecule has 1 aliphatic heterocycles. The van der Waals surface area contributed by atoms with E-state index in [1.54, 1.807) is 24.5 Å². The zero-order valence-electron chi connectivity index (χ0n) is 23.9. The van der Waals surface area contributed by atoms with Crippen LogP contribution in [0.2, 0.25) is 0 Å². The molecular formula is C32H35BN6O2. The summed E-state index contributed by atoms with van der Waals surface area (Å²) < 4.78 is 0. The molecule has 2 aromatic carbocycles. The molecule has 2 heterocycles. The number of aromatic nitrogens is 2. The third kappa shape index (κ3) is 7.36. The van der Waals surface area contributed by atoms with Gasteiger partial charge in [0.25, 0.3) is 0 Å². The van der Waals surface area contributed by atoms with Crippen molar-refractivity contribution in [3.05, 3.63) is 83.1 Å². The molecule has 0 saturated carbocycles. The highest BCUT2D eigenvalue weighted by Crippen LogP contribution is 2.32. The molecule has 0 unspecified atom stereocenters. The van der Waals surface area contributed by atoms with E-state index in [0.717, 1.165) is 35.8 Å². The molecule has 9 heteroatoms. The van der Waals surface area contributed by atoms with E-state index in [4.69, 9.17) is 13.6 Å². The fourth-order valence-corrected chi connectivity index (χ4v) is 4.79. The highest BCUT2D eigenvalue weighted by Gasteiger charge is 2.22. The Morgan fingerprint density at radius 1 is 1.05 bits per heavy atom. The molecule has 3 aromatic rings. The lowest BCUT2D eigenvalue weighted by molar-refractivity contribution is -0.127. The van der Waals surface area contributed by atoms with Gasteiger partial charge in [-0.05, 0) is 71.6 Å². The minimum Gasteiger partial charge on any atom is -0.387 e. The smallest absolute Gasteiger partial charge is 0.250 e. The molecule has 0 spiro atoms. The number of nitrogens with two attached hydrogens (primary N) is 1. The van der Waals surface area contributed by atoms with Crippen LogP contribution in [-0.4, -0.2) is 65.8 Å². The number of amidine groups is 1. The molecule has 41 heavy (non-hydrogen) atoms. The molecule has 0 atom stereocenters. The van der Waals surface area contributed by atoms with E-state index in [1.807, 2.05) is 59.5 Å². The molecule has 1 amide bonds. The van der Waals surface area contributed by atoms with Crippen LogP contribution in [0.3, 0.4) is 0 Å². The Morgan fingerprint density at radius 2 is 1.78 bits per heavy atom. The predicted octanol–water partition coefficient (Wildman–Crippen LogP) is 4.28. The second-order valence-corrected chi connectivity index (χ2v) is 10.1. The van der Waals surface area contributed by atoms with Crippen molar-refractivity contribution in [2.24, 2.45) is 10.7 Å². The number of amides is 1. The fourth-order valence-electron chi connectivity index (χ4n) is 4.79. The Kier molecular flexibility index (Phi) is 9.84. The van der Waals surface area contributed by atoms with Gasteiger partial charge in [0.1, 0.15) is 19.5 Å². The maximum Gasteiger partial charge on any atom is 0.250 e. The maximum absolute atomic E-state index is 13.4. The van der Waals surface area contributed by atoms with E-state index in [9.17, 15) is 9.59 Å². The van der Waals surface area contributed by atoms with Gasteiger partial charge in [-0.2, -0.15) is 0 Å². The zero-order chi connectivity index (χ0) is 29.4. The summed E-state index contributed by atoms with van der Waals surface area (Å²) in [6.45, 7) is 6.02. The molecule has 2 N–H and O–H groups in total. The van der Waals surface area contributed by atoms with Crippen molar-refractivity contribution in [1.29, 1.82) is 0 Å². The molecule has 0 aliphatic carbocycles. The van der Waals surface area contributed by atoms with Crippen LogP contribution >= 0.6 is 0 Å². The zero-order valence-corrected chi connectivity index (χ0v) is 23.9. The van der Waals surface area contributed by atoms with Gasteiger partial charge >= 0.3 is 0 Å². The van der Waals surface area contributed by atoms with Crippen LogP contribution in [0.15, 0.2) is 65.6 Å². The number of carbonyl (C=O) groups excluding carboxylic acids is 2. The van der Waals surface area contributed by atoms with E-state index in [1.165, 1.54) is 0 Å². The Labute approximate surface area is 243 Å². The summed E-state index contributed by atoms with van der Waals surface area (Å²) in [4.78, 5) is 42.1. The van der Waals surface area contributed by atoms with Gasteiger partial charge in [-0.3, -0.25) is 9.59 Å². The average molecular weight is 546 g/mol. The third-order valence-corrected chi connectivity index (χ3v) is 6.76. The van der Waals surface area contributed by atoms with Crippen LogP contribution in [0.4, 0.5) is 5.69 Å². The van der Waals surface area contributed by atoms with Crippen LogP contribution in [0.5, 0.6) is 0 Å². The minimum atomic E-state index is -0.0344. The molecule has 8 nitrogen and oxygen atoms in total. The molecule has 0 fully saturated rings. The summed E-state index contributed by atoms with van der Waals surface area (Å²) in [6.07, 6.45) is 11.9. The van der Waals surface area contributed by atoms with Gasteiger partial charge in [0.2, 0.25) is 5.91 Å². The lowest BCUT2D eigenvalue weighted by Crippen LogP contribution is -2.34. The quantitative estimate of drug-likeness (QED) is 0.285. The fraction of sp³-hybridized carbons (Fsp3) is 0.281. The lowest BCUT2D eigenvalue weighted by atomic mass is 9.85. The van der Waals surface area contributed by atoms with Crippen LogP contribution in [0, 0.1) is 0 Å². The maximum atomic E-state index is 13.4. The number of benzene rings is 2. The number of hydrogen-bond acceptors (Lipinski definition) is 7. The molecular weight excluding hydrogens is 511 g/mol. The van der Waals surface area contributed by atoms with Gasteiger partial charge in [-0.15, -0.1) is 0 Å². The van der Waals surface area contributed by atoms with Crippen molar-refractivity contribution < 1.29 is 9.59 Å². The highest BCUT2D eigenvalue weighted by molar-refractivity contribution is 6.35. The Bertz CT molecular complexity index is 1490. The molecule has 208 valence electrons. The van der Waals surface area contributed by atoms with Crippen molar-refractivity contribution in [3.8, 4) is 11.1 Å². The van der Waals surface area contributed by atoms with Crippen LogP contribution < -0.4 is 11.2 Å². The first-order valence-corrected chi connectivity index (χ1v) is 13.8. The summed E-state index contributed by atoms with van der Waals surface area (Å²) in [5.41, 5.74) is 11.7. The Hall–Kier alpha value is -4.53. The summed E-state index contributed by atoms with van der Waals surface area (Å²) in [7, 11) is 8.47. The number of hydrogen-bond donors (Lipinski definition) is 1. The van der Waals surface area contributed by atoms with Gasteiger partial charge in [-0.25, -0.2) is 15.0 Å². The topological polar surface area (TPSA) is 105 Å². The van der Waals surface area contributed by atoms with Crippen LogP contribution in [0.25, 0.3) is 23.3 Å². The summed E-state index contributed by atoms with van der Waals surface area (Å²) >= 11 is 0. The summed E-state index contributed by atoms with van der Waals surface area (Å²) in [5, 5.41) is 0. The average Bonchev–Trinajstić information content (AvgIpc) is 3.14. The first kappa shape index (κ1) is 29.5. The molecule has 2 radical (unpaired) electrons. The first-order valence-electron chi connectivity index (χ1n) is 13.8. The van der Waals surface area contributed by atoms with Gasteiger partial charge < -0.3 is 15.5 Å².